The van der Waals surface area contributed by atoms with Crippen molar-refractivity contribution in [1.82, 2.24) is 4.90 Å². The molecule has 1 unspecified atom stereocenters. The van der Waals surface area contributed by atoms with Crippen molar-refractivity contribution in [2.45, 2.75) is 31.7 Å². The van der Waals surface area contributed by atoms with E-state index >= 15 is 0 Å². The van der Waals surface area contributed by atoms with Gasteiger partial charge in [0.25, 0.3) is 0 Å². The maximum atomic E-state index is 12.9. The molecule has 1 atom stereocenters. The van der Waals surface area contributed by atoms with Gasteiger partial charge in [-0.1, -0.05) is 96.0 Å². The molecule has 0 aliphatic carbocycles. The first-order valence-electron chi connectivity index (χ1n) is 13.4. The number of halogens is 2. The lowest BCUT2D eigenvalue weighted by Crippen LogP contribution is -2.47. The Balaban J connectivity index is 1.50. The second-order valence-electron chi connectivity index (χ2n) is 9.83. The summed E-state index contributed by atoms with van der Waals surface area (Å²) >= 11 is 12.3. The largest absolute Gasteiger partial charge is 0.479 e. The van der Waals surface area contributed by atoms with E-state index in [9.17, 15) is 9.90 Å². The molecule has 0 bridgehead atoms. The minimum atomic E-state index is -1.25. The number of carboxylic acid groups (broad SMARTS) is 1. The van der Waals surface area contributed by atoms with E-state index in [1.54, 1.807) is 0 Å². The number of anilines is 1. The SMILES string of the molecule is CC=CCC(CCCN1CCN(c2ccc(Cl)c(Cl)c2)CC1)(N=C(c1ccccc1)c1ccccc1)C(=O)O. The average Bonchev–Trinajstić information content (AvgIpc) is 2.97. The zero-order valence-electron chi connectivity index (χ0n) is 22.3. The van der Waals surface area contributed by atoms with E-state index < -0.39 is 11.5 Å². The van der Waals surface area contributed by atoms with Crippen LogP contribution in [0.2, 0.25) is 10.0 Å². The van der Waals surface area contributed by atoms with Gasteiger partial charge in [-0.15, -0.1) is 0 Å². The maximum absolute atomic E-state index is 12.9. The van der Waals surface area contributed by atoms with Crippen molar-refractivity contribution in [3.8, 4) is 0 Å². The highest BCUT2D eigenvalue weighted by Crippen LogP contribution is 2.29. The third-order valence-electron chi connectivity index (χ3n) is 7.21. The van der Waals surface area contributed by atoms with E-state index in [1.807, 2.05) is 97.9 Å². The van der Waals surface area contributed by atoms with Crippen molar-refractivity contribution in [2.24, 2.45) is 4.99 Å². The molecule has 204 valence electrons. The molecule has 4 rings (SSSR count). The number of rotatable bonds is 11. The van der Waals surface area contributed by atoms with Crippen LogP contribution in [0.1, 0.15) is 37.3 Å². The van der Waals surface area contributed by atoms with Gasteiger partial charge >= 0.3 is 5.97 Å². The fourth-order valence-electron chi connectivity index (χ4n) is 4.97. The van der Waals surface area contributed by atoms with E-state index in [0.29, 0.717) is 28.6 Å². The van der Waals surface area contributed by atoms with Crippen molar-refractivity contribution in [3.63, 3.8) is 0 Å². The molecule has 0 amide bonds. The predicted octanol–water partition coefficient (Wildman–Crippen LogP) is 7.22. The van der Waals surface area contributed by atoms with Gasteiger partial charge in [-0.3, -0.25) is 9.89 Å². The minimum absolute atomic E-state index is 0.340. The number of allylic oxidation sites excluding steroid dienone is 1. The van der Waals surface area contributed by atoms with Crippen LogP contribution in [-0.2, 0) is 4.79 Å². The van der Waals surface area contributed by atoms with E-state index in [0.717, 1.165) is 56.0 Å². The van der Waals surface area contributed by atoms with E-state index in [1.165, 1.54) is 0 Å². The Bertz CT molecular complexity index is 1250. The highest BCUT2D eigenvalue weighted by Gasteiger charge is 2.37. The summed E-state index contributed by atoms with van der Waals surface area (Å²) in [6.45, 7) is 6.30. The molecule has 39 heavy (non-hydrogen) atoms. The van der Waals surface area contributed by atoms with E-state index in [2.05, 4.69) is 9.80 Å². The summed E-state index contributed by atoms with van der Waals surface area (Å²) in [5.74, 6) is -0.894. The number of aliphatic carboxylic acids is 1. The molecular weight excluding hydrogens is 529 g/mol. The molecule has 1 N–H and O–H groups in total. The zero-order chi connectivity index (χ0) is 27.7. The highest BCUT2D eigenvalue weighted by atomic mass is 35.5. The molecule has 5 nitrogen and oxygen atoms in total. The number of piperazine rings is 1. The van der Waals surface area contributed by atoms with Gasteiger partial charge in [0.2, 0.25) is 0 Å². The lowest BCUT2D eigenvalue weighted by Gasteiger charge is -2.36. The van der Waals surface area contributed by atoms with Gasteiger partial charge in [0.15, 0.2) is 5.54 Å². The van der Waals surface area contributed by atoms with Crippen molar-refractivity contribution in [2.75, 3.05) is 37.6 Å². The third kappa shape index (κ3) is 7.51. The number of carbonyl (C=O) groups is 1. The molecule has 3 aromatic carbocycles. The number of carboxylic acids is 1. The Kier molecular flexibility index (Phi) is 10.2. The topological polar surface area (TPSA) is 56.1 Å². The monoisotopic (exact) mass is 563 g/mol. The van der Waals surface area contributed by atoms with E-state index in [4.69, 9.17) is 28.2 Å². The van der Waals surface area contributed by atoms with Crippen LogP contribution in [0.4, 0.5) is 5.69 Å². The molecule has 1 saturated heterocycles. The van der Waals surface area contributed by atoms with Gasteiger partial charge in [-0.05, 0) is 44.5 Å². The number of hydrogen-bond donors (Lipinski definition) is 1. The summed E-state index contributed by atoms with van der Waals surface area (Å²) < 4.78 is 0. The summed E-state index contributed by atoms with van der Waals surface area (Å²) in [5, 5.41) is 11.7. The van der Waals surface area contributed by atoms with Gasteiger partial charge in [-0.2, -0.15) is 0 Å². The minimum Gasteiger partial charge on any atom is -0.479 e. The molecule has 0 spiro atoms. The zero-order valence-corrected chi connectivity index (χ0v) is 23.8. The standard InChI is InChI=1S/C32H35Cl2N3O2/c1-2-3-17-32(31(38)39,35-30(25-11-6-4-7-12-25)26-13-8-5-9-14-26)18-10-19-36-20-22-37(23-21-36)27-15-16-28(33)29(34)24-27/h2-9,11-16,24H,10,17-23H2,1H3,(H,38,39). The van der Waals surface area contributed by atoms with Crippen molar-refractivity contribution < 1.29 is 9.90 Å². The summed E-state index contributed by atoms with van der Waals surface area (Å²) in [6, 6.07) is 25.4. The van der Waals surface area contributed by atoms with Gasteiger partial charge in [-0.25, -0.2) is 4.79 Å². The number of nitrogens with zero attached hydrogens (tertiary/aromatic N) is 3. The van der Waals surface area contributed by atoms with Crippen LogP contribution in [0, 0.1) is 0 Å². The van der Waals surface area contributed by atoms with Gasteiger partial charge < -0.3 is 10.0 Å². The second-order valence-corrected chi connectivity index (χ2v) is 10.6. The van der Waals surface area contributed by atoms with Gasteiger partial charge in [0.05, 0.1) is 15.8 Å². The third-order valence-corrected chi connectivity index (χ3v) is 7.95. The van der Waals surface area contributed by atoms with Crippen LogP contribution in [0.3, 0.4) is 0 Å². The van der Waals surface area contributed by atoms with Crippen molar-refractivity contribution in [3.05, 3.63) is 112 Å². The van der Waals surface area contributed by atoms with Gasteiger partial charge in [0.1, 0.15) is 0 Å². The van der Waals surface area contributed by atoms with Crippen LogP contribution in [0.5, 0.6) is 0 Å². The summed E-state index contributed by atoms with van der Waals surface area (Å²) in [6.07, 6.45) is 5.34. The Hall–Kier alpha value is -3.12. The van der Waals surface area contributed by atoms with Crippen LogP contribution in [0.15, 0.2) is 96.0 Å². The number of aliphatic imine (C=N–C) groups is 1. The van der Waals surface area contributed by atoms with Crippen molar-refractivity contribution >= 4 is 40.6 Å². The Morgan fingerprint density at radius 1 is 0.923 bits per heavy atom. The Morgan fingerprint density at radius 3 is 2.08 bits per heavy atom. The maximum Gasteiger partial charge on any atom is 0.331 e. The summed E-state index contributed by atoms with van der Waals surface area (Å²) in [5.41, 5.74) is 2.35. The molecular formula is C32H35Cl2N3O2. The van der Waals surface area contributed by atoms with Crippen LogP contribution < -0.4 is 4.90 Å². The van der Waals surface area contributed by atoms with E-state index in [-0.39, 0.29) is 0 Å². The lowest BCUT2D eigenvalue weighted by atomic mass is 9.88. The first-order valence-corrected chi connectivity index (χ1v) is 14.1. The summed E-state index contributed by atoms with van der Waals surface area (Å²) in [7, 11) is 0. The molecule has 1 aliphatic rings. The molecule has 0 radical (unpaired) electrons. The predicted molar refractivity (Wildman–Crippen MR) is 163 cm³/mol. The first kappa shape index (κ1) is 28.9. The van der Waals surface area contributed by atoms with Gasteiger partial charge in [0, 0.05) is 49.4 Å². The molecule has 1 heterocycles. The van der Waals surface area contributed by atoms with Crippen LogP contribution in [0.25, 0.3) is 0 Å². The fourth-order valence-corrected chi connectivity index (χ4v) is 5.26. The molecule has 3 aromatic rings. The van der Waals surface area contributed by atoms with Crippen LogP contribution >= 0.6 is 23.2 Å². The average molecular weight is 565 g/mol. The molecule has 1 fully saturated rings. The van der Waals surface area contributed by atoms with Crippen LogP contribution in [-0.4, -0.2) is 60.0 Å². The normalized spacial score (nSPS) is 15.7. The summed E-state index contributed by atoms with van der Waals surface area (Å²) in [4.78, 5) is 22.6. The first-order chi connectivity index (χ1) is 18.9. The molecule has 0 aromatic heterocycles. The number of hydrogen-bond acceptors (Lipinski definition) is 4. The number of benzene rings is 3. The Morgan fingerprint density at radius 2 is 1.54 bits per heavy atom. The fraction of sp³-hybridized carbons (Fsp3) is 0.312. The molecule has 1 aliphatic heterocycles. The highest BCUT2D eigenvalue weighted by molar-refractivity contribution is 6.42. The van der Waals surface area contributed by atoms with Crippen molar-refractivity contribution in [1.29, 1.82) is 0 Å². The lowest BCUT2D eigenvalue weighted by molar-refractivity contribution is -0.143. The quantitative estimate of drug-likeness (QED) is 0.197. The second kappa shape index (κ2) is 13.8. The Labute approximate surface area is 241 Å². The molecule has 7 heteroatoms. The smallest absolute Gasteiger partial charge is 0.331 e. The molecule has 0 saturated carbocycles.